The summed E-state index contributed by atoms with van der Waals surface area (Å²) in [5, 5.41) is 3.34. The SMILES string of the molecule is CN=C(NCC(C)Oc1cccc(F)c1)N1CCN(CC(=O)N2CCCCC2)CC1.I. The Bertz CT molecular complexity index is 722. The molecule has 1 aromatic carbocycles. The van der Waals surface area contributed by atoms with Crippen LogP contribution in [0.3, 0.4) is 0 Å². The van der Waals surface area contributed by atoms with Gasteiger partial charge in [-0.1, -0.05) is 6.07 Å². The predicted octanol–water partition coefficient (Wildman–Crippen LogP) is 2.42. The summed E-state index contributed by atoms with van der Waals surface area (Å²) in [6.07, 6.45) is 3.36. The van der Waals surface area contributed by atoms with Crippen molar-refractivity contribution >= 4 is 35.8 Å². The van der Waals surface area contributed by atoms with Crippen molar-refractivity contribution < 1.29 is 13.9 Å². The van der Waals surface area contributed by atoms with Gasteiger partial charge in [0.05, 0.1) is 13.1 Å². The van der Waals surface area contributed by atoms with Gasteiger partial charge in [-0.3, -0.25) is 14.7 Å². The average molecular weight is 547 g/mol. The Morgan fingerprint density at radius 1 is 1.13 bits per heavy atom. The van der Waals surface area contributed by atoms with Gasteiger partial charge in [0.15, 0.2) is 5.96 Å². The minimum Gasteiger partial charge on any atom is -0.489 e. The maximum Gasteiger partial charge on any atom is 0.236 e. The number of hydrogen-bond donors (Lipinski definition) is 1. The normalized spacial score (nSPS) is 18.9. The van der Waals surface area contributed by atoms with Crippen molar-refractivity contribution in [1.82, 2.24) is 20.0 Å². The molecule has 1 atom stereocenters. The third-order valence-corrected chi connectivity index (χ3v) is 5.63. The number of guanidine groups is 1. The molecule has 31 heavy (non-hydrogen) atoms. The monoisotopic (exact) mass is 547 g/mol. The number of ether oxygens (including phenoxy) is 1. The molecule has 2 aliphatic heterocycles. The summed E-state index contributed by atoms with van der Waals surface area (Å²) in [7, 11) is 1.77. The number of amides is 1. The van der Waals surface area contributed by atoms with Gasteiger partial charge in [-0.05, 0) is 38.3 Å². The first-order valence-corrected chi connectivity index (χ1v) is 10.9. The van der Waals surface area contributed by atoms with Gasteiger partial charge in [-0.25, -0.2) is 4.39 Å². The van der Waals surface area contributed by atoms with E-state index in [1.807, 2.05) is 11.8 Å². The van der Waals surface area contributed by atoms with Crippen LogP contribution in [0.25, 0.3) is 0 Å². The molecular formula is C22H35FIN5O2. The van der Waals surface area contributed by atoms with Crippen molar-refractivity contribution in [2.24, 2.45) is 4.99 Å². The summed E-state index contributed by atoms with van der Waals surface area (Å²) < 4.78 is 19.1. The summed E-state index contributed by atoms with van der Waals surface area (Å²) in [5.41, 5.74) is 0. The van der Waals surface area contributed by atoms with E-state index in [2.05, 4.69) is 20.1 Å². The second-order valence-corrected chi connectivity index (χ2v) is 8.02. The maximum atomic E-state index is 13.3. The first-order chi connectivity index (χ1) is 14.5. The molecule has 3 rings (SSSR count). The molecule has 9 heteroatoms. The number of halogens is 2. The number of carbonyl (C=O) groups is 1. The number of benzene rings is 1. The van der Waals surface area contributed by atoms with Gasteiger partial charge in [0.25, 0.3) is 0 Å². The van der Waals surface area contributed by atoms with E-state index in [9.17, 15) is 9.18 Å². The lowest BCUT2D eigenvalue weighted by atomic mass is 10.1. The fourth-order valence-corrected chi connectivity index (χ4v) is 3.93. The molecule has 2 saturated heterocycles. The Kier molecular flexibility index (Phi) is 10.8. The number of aliphatic imine (C=N–C) groups is 1. The number of hydrogen-bond acceptors (Lipinski definition) is 4. The Labute approximate surface area is 202 Å². The molecule has 1 unspecified atom stereocenters. The zero-order chi connectivity index (χ0) is 21.3. The fraction of sp³-hybridized carbons (Fsp3) is 0.636. The van der Waals surface area contributed by atoms with Gasteiger partial charge in [0.2, 0.25) is 5.91 Å². The van der Waals surface area contributed by atoms with Crippen molar-refractivity contribution in [3.63, 3.8) is 0 Å². The molecule has 2 aliphatic rings. The summed E-state index contributed by atoms with van der Waals surface area (Å²) in [4.78, 5) is 23.3. The van der Waals surface area contributed by atoms with E-state index in [1.54, 1.807) is 19.2 Å². The standard InChI is InChI=1S/C22H34FN5O2.HI/c1-18(30-20-8-6-7-19(23)15-20)16-25-22(24-2)28-13-11-26(12-14-28)17-21(29)27-9-4-3-5-10-27;/h6-8,15,18H,3-5,9-14,16-17H2,1-2H3,(H,24,25);1H. The highest BCUT2D eigenvalue weighted by Gasteiger charge is 2.24. The van der Waals surface area contributed by atoms with Gasteiger partial charge in [0.1, 0.15) is 17.7 Å². The number of likely N-dealkylation sites (tertiary alicyclic amines) is 1. The molecule has 0 bridgehead atoms. The van der Waals surface area contributed by atoms with E-state index < -0.39 is 0 Å². The summed E-state index contributed by atoms with van der Waals surface area (Å²) in [6.45, 7) is 8.17. The minimum atomic E-state index is -0.305. The van der Waals surface area contributed by atoms with Gasteiger partial charge in [-0.15, -0.1) is 24.0 Å². The number of rotatable bonds is 6. The first kappa shape index (κ1) is 25.6. The van der Waals surface area contributed by atoms with Crippen molar-refractivity contribution in [3.8, 4) is 5.75 Å². The highest BCUT2D eigenvalue weighted by Crippen LogP contribution is 2.14. The topological polar surface area (TPSA) is 60.4 Å². The molecule has 0 saturated carbocycles. The molecule has 1 N–H and O–H groups in total. The van der Waals surface area contributed by atoms with Crippen LogP contribution in [0.2, 0.25) is 0 Å². The van der Waals surface area contributed by atoms with Gasteiger partial charge >= 0.3 is 0 Å². The van der Waals surface area contributed by atoms with Crippen LogP contribution >= 0.6 is 24.0 Å². The highest BCUT2D eigenvalue weighted by molar-refractivity contribution is 14.0. The number of piperazine rings is 1. The summed E-state index contributed by atoms with van der Waals surface area (Å²) >= 11 is 0. The lowest BCUT2D eigenvalue weighted by Gasteiger charge is -2.37. The Hall–Kier alpha value is -1.62. The van der Waals surface area contributed by atoms with Crippen molar-refractivity contribution in [1.29, 1.82) is 0 Å². The predicted molar refractivity (Wildman–Crippen MR) is 132 cm³/mol. The average Bonchev–Trinajstić information content (AvgIpc) is 2.76. The Balaban J connectivity index is 0.00000341. The van der Waals surface area contributed by atoms with Crippen LogP contribution < -0.4 is 10.1 Å². The fourth-order valence-electron chi connectivity index (χ4n) is 3.93. The van der Waals surface area contributed by atoms with E-state index in [1.165, 1.54) is 18.6 Å². The molecule has 1 amide bonds. The van der Waals surface area contributed by atoms with Crippen molar-refractivity contribution in [2.75, 3.05) is 59.4 Å². The highest BCUT2D eigenvalue weighted by atomic mass is 127. The maximum absolute atomic E-state index is 13.3. The van der Waals surface area contributed by atoms with Crippen molar-refractivity contribution in [3.05, 3.63) is 30.1 Å². The largest absolute Gasteiger partial charge is 0.489 e. The van der Waals surface area contributed by atoms with Crippen LogP contribution in [0, 0.1) is 5.82 Å². The smallest absolute Gasteiger partial charge is 0.236 e. The molecule has 2 heterocycles. The summed E-state index contributed by atoms with van der Waals surface area (Å²) in [6, 6.07) is 6.17. The molecule has 0 aliphatic carbocycles. The summed E-state index contributed by atoms with van der Waals surface area (Å²) in [5.74, 6) is 1.30. The van der Waals surface area contributed by atoms with Gasteiger partial charge in [0, 0.05) is 52.4 Å². The third kappa shape index (κ3) is 8.10. The first-order valence-electron chi connectivity index (χ1n) is 10.9. The van der Waals surface area contributed by atoms with E-state index >= 15 is 0 Å². The van der Waals surface area contributed by atoms with Crippen LogP contribution in [0.15, 0.2) is 29.3 Å². The molecule has 1 aromatic rings. The van der Waals surface area contributed by atoms with E-state index in [4.69, 9.17) is 4.74 Å². The van der Waals surface area contributed by atoms with Crippen LogP contribution in [-0.2, 0) is 4.79 Å². The Morgan fingerprint density at radius 2 is 1.84 bits per heavy atom. The van der Waals surface area contributed by atoms with Crippen LogP contribution in [0.5, 0.6) is 5.75 Å². The van der Waals surface area contributed by atoms with Crippen molar-refractivity contribution in [2.45, 2.75) is 32.3 Å². The second-order valence-electron chi connectivity index (χ2n) is 8.02. The molecule has 174 valence electrons. The number of nitrogens with one attached hydrogen (secondary N) is 1. The lowest BCUT2D eigenvalue weighted by Crippen LogP contribution is -2.55. The van der Waals surface area contributed by atoms with Crippen LogP contribution in [-0.4, -0.2) is 92.1 Å². The zero-order valence-electron chi connectivity index (χ0n) is 18.6. The Morgan fingerprint density at radius 3 is 2.48 bits per heavy atom. The van der Waals surface area contributed by atoms with Crippen LogP contribution in [0.4, 0.5) is 4.39 Å². The lowest BCUT2D eigenvalue weighted by molar-refractivity contribution is -0.133. The molecule has 0 aromatic heterocycles. The third-order valence-electron chi connectivity index (χ3n) is 5.63. The molecule has 0 radical (unpaired) electrons. The van der Waals surface area contributed by atoms with E-state index in [0.717, 1.165) is 58.1 Å². The quantitative estimate of drug-likeness (QED) is 0.337. The molecule has 7 nitrogen and oxygen atoms in total. The van der Waals surface area contributed by atoms with Gasteiger partial charge < -0.3 is 19.9 Å². The second kappa shape index (κ2) is 13.0. The zero-order valence-corrected chi connectivity index (χ0v) is 20.9. The van der Waals surface area contributed by atoms with Gasteiger partial charge in [-0.2, -0.15) is 0 Å². The number of piperidine rings is 1. The minimum absolute atomic E-state index is 0. The number of carbonyl (C=O) groups excluding carboxylic acids is 1. The molecule has 0 spiro atoms. The molecular weight excluding hydrogens is 512 g/mol. The van der Waals surface area contributed by atoms with Crippen LogP contribution in [0.1, 0.15) is 26.2 Å². The number of nitrogens with zero attached hydrogens (tertiary/aromatic N) is 4. The molecule has 2 fully saturated rings. The van der Waals surface area contributed by atoms with E-state index in [0.29, 0.717) is 18.8 Å². The van der Waals surface area contributed by atoms with E-state index in [-0.39, 0.29) is 41.8 Å².